The molecular formula is C28H33N2P. The molecule has 3 aromatic carbocycles. The molecule has 0 unspecified atom stereocenters. The quantitative estimate of drug-likeness (QED) is 0.360. The predicted octanol–water partition coefficient (Wildman–Crippen LogP) is 7.68. The first-order valence-electron chi connectivity index (χ1n) is 11.4. The molecule has 3 aromatic rings. The van der Waals surface area contributed by atoms with E-state index >= 15 is 0 Å². The molecule has 0 atom stereocenters. The molecule has 2 nitrogen and oxygen atoms in total. The lowest BCUT2D eigenvalue weighted by Crippen LogP contribution is -2.14. The number of aliphatic imine (C=N–C) groups is 2. The fourth-order valence-electron chi connectivity index (χ4n) is 4.75. The number of rotatable bonds is 6. The molecule has 0 heterocycles. The fraction of sp³-hybridized carbons (Fsp3) is 0.357. The topological polar surface area (TPSA) is 24.7 Å². The number of aryl methyl sites for hydroxylation is 2. The monoisotopic (exact) mass is 428 g/mol. The van der Waals surface area contributed by atoms with Crippen LogP contribution in [0.15, 0.2) is 64.6 Å². The lowest BCUT2D eigenvalue weighted by atomic mass is 10.1. The molecule has 0 amide bonds. The molecule has 0 N–H and O–H groups in total. The van der Waals surface area contributed by atoms with Crippen molar-refractivity contribution in [2.24, 2.45) is 9.98 Å². The summed E-state index contributed by atoms with van der Waals surface area (Å²) in [5.74, 6) is 0. The maximum absolute atomic E-state index is 5.24. The van der Waals surface area contributed by atoms with Gasteiger partial charge in [-0.2, -0.15) is 0 Å². The smallest absolute Gasteiger partial charge is 0.0974 e. The first kappa shape index (κ1) is 21.9. The molecule has 0 aromatic heterocycles. The second kappa shape index (κ2) is 9.05. The highest BCUT2D eigenvalue weighted by Gasteiger charge is 2.27. The maximum atomic E-state index is 5.24. The number of hydrogen-bond donors (Lipinski definition) is 0. The SMILES string of the molecule is Cc1cccc(C)c1N=C1C(=NCCP(C(C)C)C(C)C)c2cccc3cccc1c23. The van der Waals surface area contributed by atoms with Crippen LogP contribution < -0.4 is 0 Å². The van der Waals surface area contributed by atoms with Crippen molar-refractivity contribution in [2.45, 2.75) is 52.9 Å². The van der Waals surface area contributed by atoms with Crippen LogP contribution in [0.2, 0.25) is 0 Å². The van der Waals surface area contributed by atoms with E-state index in [0.29, 0.717) is 0 Å². The minimum Gasteiger partial charge on any atom is -0.282 e. The van der Waals surface area contributed by atoms with E-state index in [1.807, 2.05) is 0 Å². The Hall–Kier alpha value is -2.31. The zero-order valence-corrected chi connectivity index (χ0v) is 20.5. The Labute approximate surface area is 188 Å². The van der Waals surface area contributed by atoms with E-state index in [9.17, 15) is 0 Å². The molecule has 3 heteroatoms. The van der Waals surface area contributed by atoms with E-state index in [2.05, 4.69) is 96.1 Å². The Balaban J connectivity index is 1.82. The lowest BCUT2D eigenvalue weighted by Gasteiger charge is -2.25. The molecule has 0 aliphatic heterocycles. The van der Waals surface area contributed by atoms with Gasteiger partial charge < -0.3 is 0 Å². The van der Waals surface area contributed by atoms with Crippen LogP contribution in [-0.4, -0.2) is 35.4 Å². The normalized spacial score (nSPS) is 16.0. The molecule has 0 bridgehead atoms. The van der Waals surface area contributed by atoms with Gasteiger partial charge in [0.25, 0.3) is 0 Å². The molecule has 1 aliphatic rings. The highest BCUT2D eigenvalue weighted by molar-refractivity contribution is 7.59. The van der Waals surface area contributed by atoms with E-state index < -0.39 is 0 Å². The van der Waals surface area contributed by atoms with Gasteiger partial charge in [0.2, 0.25) is 0 Å². The summed E-state index contributed by atoms with van der Waals surface area (Å²) < 4.78 is 0. The van der Waals surface area contributed by atoms with E-state index in [4.69, 9.17) is 9.98 Å². The van der Waals surface area contributed by atoms with Crippen molar-refractivity contribution < 1.29 is 0 Å². The highest BCUT2D eigenvalue weighted by atomic mass is 31.1. The second-order valence-corrected chi connectivity index (χ2v) is 12.6. The molecule has 160 valence electrons. The average molecular weight is 429 g/mol. The molecule has 0 fully saturated rings. The minimum absolute atomic E-state index is 0.0213. The molecule has 4 rings (SSSR count). The average Bonchev–Trinajstić information content (AvgIpc) is 3.02. The summed E-state index contributed by atoms with van der Waals surface area (Å²) in [6.07, 6.45) is 1.18. The highest BCUT2D eigenvalue weighted by Crippen LogP contribution is 2.45. The number of para-hydroxylation sites is 1. The van der Waals surface area contributed by atoms with Gasteiger partial charge in [-0.25, -0.2) is 4.99 Å². The van der Waals surface area contributed by atoms with Gasteiger partial charge in [0.15, 0.2) is 0 Å². The maximum Gasteiger partial charge on any atom is 0.0974 e. The van der Waals surface area contributed by atoms with Crippen LogP contribution in [-0.2, 0) is 0 Å². The van der Waals surface area contributed by atoms with Crippen LogP contribution in [0, 0.1) is 13.8 Å². The van der Waals surface area contributed by atoms with Crippen LogP contribution >= 0.6 is 7.92 Å². The summed E-state index contributed by atoms with van der Waals surface area (Å²) in [6, 6.07) is 19.5. The molecule has 1 aliphatic carbocycles. The van der Waals surface area contributed by atoms with Crippen molar-refractivity contribution in [3.05, 3.63) is 76.9 Å². The summed E-state index contributed by atoms with van der Waals surface area (Å²) >= 11 is 0. The summed E-state index contributed by atoms with van der Waals surface area (Å²) in [5, 5.41) is 2.56. The van der Waals surface area contributed by atoms with Gasteiger partial charge >= 0.3 is 0 Å². The molecule has 0 spiro atoms. The Morgan fingerprint density at radius 1 is 0.742 bits per heavy atom. The van der Waals surface area contributed by atoms with Crippen LogP contribution in [0.5, 0.6) is 0 Å². The third kappa shape index (κ3) is 4.23. The van der Waals surface area contributed by atoms with Gasteiger partial charge in [0.05, 0.1) is 17.1 Å². The van der Waals surface area contributed by atoms with E-state index in [0.717, 1.165) is 35.0 Å². The van der Waals surface area contributed by atoms with E-state index in [1.165, 1.54) is 39.2 Å². The zero-order chi connectivity index (χ0) is 22.1. The van der Waals surface area contributed by atoms with Crippen molar-refractivity contribution in [3.8, 4) is 0 Å². The number of benzene rings is 3. The summed E-state index contributed by atoms with van der Waals surface area (Å²) in [5.41, 5.74) is 9.50. The Morgan fingerprint density at radius 2 is 1.29 bits per heavy atom. The third-order valence-electron chi connectivity index (χ3n) is 6.26. The van der Waals surface area contributed by atoms with Crippen molar-refractivity contribution in [2.75, 3.05) is 12.7 Å². The third-order valence-corrected chi connectivity index (χ3v) is 9.63. The number of hydrogen-bond acceptors (Lipinski definition) is 2. The van der Waals surface area contributed by atoms with E-state index in [-0.39, 0.29) is 7.92 Å². The second-order valence-electron chi connectivity index (χ2n) is 9.07. The van der Waals surface area contributed by atoms with Crippen LogP contribution in [0.3, 0.4) is 0 Å². The summed E-state index contributed by atoms with van der Waals surface area (Å²) in [7, 11) is -0.0213. The van der Waals surface area contributed by atoms with Gasteiger partial charge in [0.1, 0.15) is 0 Å². The van der Waals surface area contributed by atoms with Crippen molar-refractivity contribution in [1.29, 1.82) is 0 Å². The van der Waals surface area contributed by atoms with Gasteiger partial charge in [-0.15, -0.1) is 0 Å². The van der Waals surface area contributed by atoms with Gasteiger partial charge in [-0.05, 0) is 47.8 Å². The van der Waals surface area contributed by atoms with Crippen molar-refractivity contribution >= 4 is 35.8 Å². The minimum atomic E-state index is -0.0213. The van der Waals surface area contributed by atoms with Gasteiger partial charge in [-0.1, -0.05) is 90.2 Å². The first-order valence-corrected chi connectivity index (χ1v) is 13.0. The lowest BCUT2D eigenvalue weighted by molar-refractivity contribution is 0.984. The molecule has 0 saturated carbocycles. The zero-order valence-electron chi connectivity index (χ0n) is 19.6. The first-order chi connectivity index (χ1) is 14.9. The fourth-order valence-corrected chi connectivity index (χ4v) is 7.30. The van der Waals surface area contributed by atoms with Gasteiger partial charge in [0, 0.05) is 23.1 Å². The molecular weight excluding hydrogens is 395 g/mol. The van der Waals surface area contributed by atoms with Crippen LogP contribution in [0.25, 0.3) is 10.8 Å². The Kier molecular flexibility index (Phi) is 6.39. The van der Waals surface area contributed by atoms with Crippen molar-refractivity contribution in [3.63, 3.8) is 0 Å². The number of nitrogens with zero attached hydrogens (tertiary/aromatic N) is 2. The summed E-state index contributed by atoms with van der Waals surface area (Å²) in [4.78, 5) is 10.4. The molecule has 31 heavy (non-hydrogen) atoms. The molecule has 0 saturated heterocycles. The van der Waals surface area contributed by atoms with Gasteiger partial charge in [-0.3, -0.25) is 4.99 Å². The largest absolute Gasteiger partial charge is 0.282 e. The molecule has 0 radical (unpaired) electrons. The summed E-state index contributed by atoms with van der Waals surface area (Å²) in [6.45, 7) is 14.6. The predicted molar refractivity (Wildman–Crippen MR) is 140 cm³/mol. The van der Waals surface area contributed by atoms with Crippen LogP contribution in [0.1, 0.15) is 49.9 Å². The Bertz CT molecular complexity index is 1140. The van der Waals surface area contributed by atoms with Crippen molar-refractivity contribution in [1.82, 2.24) is 0 Å². The Morgan fingerprint density at radius 3 is 1.87 bits per heavy atom. The van der Waals surface area contributed by atoms with E-state index in [1.54, 1.807) is 0 Å². The standard InChI is InChI=1S/C28H33N2P/c1-18(2)31(19(3)4)17-16-29-27-23-14-8-12-22-13-9-15-24(25(22)23)28(27)30-26-20(5)10-7-11-21(26)6/h7-15,18-19H,16-17H2,1-6H3. The van der Waals surface area contributed by atoms with Crippen LogP contribution in [0.4, 0.5) is 5.69 Å².